The van der Waals surface area contributed by atoms with Gasteiger partial charge in [-0.25, -0.2) is 0 Å². The fraction of sp³-hybridized carbons (Fsp3) is 0.588. The van der Waals surface area contributed by atoms with Crippen LogP contribution >= 0.6 is 11.9 Å². The Kier molecular flexibility index (Phi) is 9.18. The van der Waals surface area contributed by atoms with Gasteiger partial charge in [0.05, 0.1) is 5.56 Å². The van der Waals surface area contributed by atoms with Gasteiger partial charge in [0.25, 0.3) is 0 Å². The minimum Gasteiger partial charge on any atom is -0.412 e. The Balaban J connectivity index is 0.00000338. The first-order valence-corrected chi connectivity index (χ1v) is 8.67. The van der Waals surface area contributed by atoms with Crippen LogP contribution in [0.1, 0.15) is 31.2 Å². The van der Waals surface area contributed by atoms with Crippen LogP contribution in [0.2, 0.25) is 0 Å². The van der Waals surface area contributed by atoms with Gasteiger partial charge in [-0.05, 0) is 37.6 Å². The van der Waals surface area contributed by atoms with Crippen LogP contribution in [-0.2, 0) is 15.3 Å². The van der Waals surface area contributed by atoms with Crippen molar-refractivity contribution in [2.45, 2.75) is 31.9 Å². The van der Waals surface area contributed by atoms with Crippen molar-refractivity contribution in [3.8, 4) is 0 Å². The number of carbonyl (C=O) groups is 1. The number of alkyl halides is 3. The van der Waals surface area contributed by atoms with Gasteiger partial charge in [0, 0.05) is 38.3 Å². The van der Waals surface area contributed by atoms with Gasteiger partial charge in [-0.15, -0.1) is 0 Å². The zero-order valence-corrected chi connectivity index (χ0v) is 15.2. The van der Waals surface area contributed by atoms with Crippen LogP contribution in [0.3, 0.4) is 0 Å². The van der Waals surface area contributed by atoms with Crippen LogP contribution in [0.25, 0.3) is 0 Å². The molecule has 0 unspecified atom stereocenters. The number of hydrogen-bond donors (Lipinski definition) is 0. The lowest BCUT2D eigenvalue weighted by molar-refractivity contribution is -0.137. The molecule has 0 spiro atoms. The van der Waals surface area contributed by atoms with Crippen molar-refractivity contribution in [3.05, 3.63) is 29.8 Å². The van der Waals surface area contributed by atoms with E-state index in [0.29, 0.717) is 25.2 Å². The topological polar surface area (TPSA) is 64.3 Å². The maximum absolute atomic E-state index is 12.8. The lowest BCUT2D eigenvalue weighted by atomic mass is 10.1. The minimum absolute atomic E-state index is 0. The van der Waals surface area contributed by atoms with Gasteiger partial charge < -0.3 is 14.7 Å². The molecule has 2 rings (SSSR count). The van der Waals surface area contributed by atoms with Crippen molar-refractivity contribution >= 4 is 23.5 Å². The molecule has 1 fully saturated rings. The zero-order valence-electron chi connectivity index (χ0n) is 14.4. The minimum atomic E-state index is -4.31. The summed E-state index contributed by atoms with van der Waals surface area (Å²) in [7, 11) is 0. The number of nitrogens with zero attached hydrogens (tertiary/aromatic N) is 2. The van der Waals surface area contributed by atoms with E-state index in [1.165, 1.54) is 12.1 Å². The van der Waals surface area contributed by atoms with E-state index in [0.717, 1.165) is 45.0 Å². The van der Waals surface area contributed by atoms with Crippen LogP contribution in [0.15, 0.2) is 24.3 Å². The molecule has 1 aliphatic rings. The van der Waals surface area contributed by atoms with E-state index in [2.05, 4.69) is 9.19 Å². The van der Waals surface area contributed by atoms with Crippen molar-refractivity contribution in [1.82, 2.24) is 4.90 Å². The Morgan fingerprint density at radius 3 is 2.42 bits per heavy atom. The maximum Gasteiger partial charge on any atom is 0.416 e. The van der Waals surface area contributed by atoms with Crippen molar-refractivity contribution < 1.29 is 27.7 Å². The zero-order chi connectivity index (χ0) is 18.3. The third kappa shape index (κ3) is 7.01. The fourth-order valence-corrected chi connectivity index (χ4v) is 3.01. The quantitative estimate of drug-likeness (QED) is 0.663. The smallest absolute Gasteiger partial charge is 0.412 e. The SMILES string of the molecule is O.O=C(CCCCCN1CCN(c2cccc(C(F)(F)F)c2)CC1)OCl. The average Bonchev–Trinajstić information content (AvgIpc) is 2.61. The highest BCUT2D eigenvalue weighted by atomic mass is 35.5. The molecule has 1 aliphatic heterocycles. The normalized spacial score (nSPS) is 15.5. The summed E-state index contributed by atoms with van der Waals surface area (Å²) in [6, 6.07) is 5.49. The van der Waals surface area contributed by atoms with Gasteiger partial charge in [-0.2, -0.15) is 13.2 Å². The van der Waals surface area contributed by atoms with Gasteiger partial charge in [0.15, 0.2) is 0 Å². The first-order valence-electron chi connectivity index (χ1n) is 8.36. The number of carbonyl (C=O) groups excluding carboxylic acids is 1. The van der Waals surface area contributed by atoms with Crippen LogP contribution in [-0.4, -0.2) is 49.1 Å². The fourth-order valence-electron chi connectivity index (χ4n) is 2.93. The van der Waals surface area contributed by atoms with Gasteiger partial charge in [0.2, 0.25) is 0 Å². The number of benzene rings is 1. The molecule has 0 aliphatic carbocycles. The Hall–Kier alpha value is -1.51. The van der Waals surface area contributed by atoms with E-state index in [1.807, 2.05) is 4.90 Å². The molecule has 0 atom stereocenters. The van der Waals surface area contributed by atoms with E-state index in [1.54, 1.807) is 6.07 Å². The van der Waals surface area contributed by atoms with Crippen molar-refractivity contribution in [2.24, 2.45) is 0 Å². The summed E-state index contributed by atoms with van der Waals surface area (Å²) in [5.74, 6) is -0.406. The third-order valence-electron chi connectivity index (χ3n) is 4.35. The largest absolute Gasteiger partial charge is 0.416 e. The van der Waals surface area contributed by atoms with Crippen LogP contribution in [0.4, 0.5) is 18.9 Å². The number of anilines is 1. The molecule has 26 heavy (non-hydrogen) atoms. The molecule has 0 saturated carbocycles. The second-order valence-corrected chi connectivity index (χ2v) is 6.29. The number of piperazine rings is 1. The molecule has 2 N–H and O–H groups in total. The van der Waals surface area contributed by atoms with Gasteiger partial charge in [0.1, 0.15) is 11.9 Å². The summed E-state index contributed by atoms with van der Waals surface area (Å²) in [6.45, 7) is 3.98. The Morgan fingerprint density at radius 2 is 1.81 bits per heavy atom. The Morgan fingerprint density at radius 1 is 1.12 bits per heavy atom. The molecule has 1 aromatic carbocycles. The van der Waals surface area contributed by atoms with Gasteiger partial charge in [-0.1, -0.05) is 12.5 Å². The number of unbranched alkanes of at least 4 members (excludes halogenated alkanes) is 2. The standard InChI is InChI=1S/C17H22ClF3N2O2.H2O/c18-25-16(24)7-2-1-3-8-22-9-11-23(12-10-22)15-6-4-5-14(13-15)17(19,20)21;/h4-6,13H,1-3,7-12H2;1H2. The molecule has 0 bridgehead atoms. The van der Waals surface area contributed by atoms with Gasteiger partial charge >= 0.3 is 12.1 Å². The van der Waals surface area contributed by atoms with E-state index in [-0.39, 0.29) is 5.48 Å². The summed E-state index contributed by atoms with van der Waals surface area (Å²) < 4.78 is 42.5. The van der Waals surface area contributed by atoms with E-state index >= 15 is 0 Å². The molecule has 5 nitrogen and oxygen atoms in total. The van der Waals surface area contributed by atoms with Crippen LogP contribution < -0.4 is 4.90 Å². The van der Waals surface area contributed by atoms with Crippen LogP contribution in [0, 0.1) is 0 Å². The second-order valence-electron chi connectivity index (χ2n) is 6.14. The predicted octanol–water partition coefficient (Wildman–Crippen LogP) is 3.26. The molecular formula is C17H24ClF3N2O3. The lowest BCUT2D eigenvalue weighted by Gasteiger charge is -2.36. The third-order valence-corrected chi connectivity index (χ3v) is 4.52. The summed E-state index contributed by atoms with van der Waals surface area (Å²) in [4.78, 5) is 15.2. The second kappa shape index (κ2) is 10.6. The van der Waals surface area contributed by atoms with E-state index in [4.69, 9.17) is 11.9 Å². The lowest BCUT2D eigenvalue weighted by Crippen LogP contribution is -2.46. The Bertz CT molecular complexity index is 564. The Labute approximate surface area is 156 Å². The summed E-state index contributed by atoms with van der Waals surface area (Å²) in [5.41, 5.74) is 0.0111. The first-order chi connectivity index (χ1) is 11.9. The molecule has 148 valence electrons. The molecule has 0 amide bonds. The van der Waals surface area contributed by atoms with Crippen molar-refractivity contribution in [2.75, 3.05) is 37.6 Å². The summed E-state index contributed by atoms with van der Waals surface area (Å²) in [6.07, 6.45) is -1.35. The maximum atomic E-state index is 12.8. The molecule has 1 heterocycles. The van der Waals surface area contributed by atoms with Gasteiger partial charge in [-0.3, -0.25) is 9.69 Å². The van der Waals surface area contributed by atoms with Crippen molar-refractivity contribution in [3.63, 3.8) is 0 Å². The monoisotopic (exact) mass is 396 g/mol. The average molecular weight is 397 g/mol. The van der Waals surface area contributed by atoms with Crippen molar-refractivity contribution in [1.29, 1.82) is 0 Å². The highest BCUT2D eigenvalue weighted by Gasteiger charge is 2.31. The number of rotatable bonds is 7. The highest BCUT2D eigenvalue weighted by Crippen LogP contribution is 2.31. The predicted molar refractivity (Wildman–Crippen MR) is 94.1 cm³/mol. The molecule has 1 saturated heterocycles. The summed E-state index contributed by atoms with van der Waals surface area (Å²) in [5, 5.41) is 0. The molecule has 9 heteroatoms. The van der Waals surface area contributed by atoms with E-state index in [9.17, 15) is 18.0 Å². The molecule has 0 radical (unpaired) electrons. The highest BCUT2D eigenvalue weighted by molar-refractivity contribution is 6.13. The molecular weight excluding hydrogens is 373 g/mol. The molecule has 0 aromatic heterocycles. The summed E-state index contributed by atoms with van der Waals surface area (Å²) >= 11 is 4.96. The van der Waals surface area contributed by atoms with Crippen LogP contribution in [0.5, 0.6) is 0 Å². The number of hydrogen-bond acceptors (Lipinski definition) is 4. The molecule has 1 aromatic rings. The first kappa shape index (κ1) is 22.5. The van der Waals surface area contributed by atoms with E-state index < -0.39 is 17.7 Å². The number of halogens is 4.